The van der Waals surface area contributed by atoms with Gasteiger partial charge in [-0.2, -0.15) is 5.43 Å². The Morgan fingerprint density at radius 3 is 2.43 bits per heavy atom. The number of nitrogens with zero attached hydrogens (tertiary/aromatic N) is 2. The number of hydrogen-bond donors (Lipinski definition) is 2. The molecule has 1 unspecified atom stereocenters. The highest BCUT2D eigenvalue weighted by Crippen LogP contribution is 2.21. The molecule has 108 valence electrons. The maximum Gasteiger partial charge on any atom is 0.342 e. The van der Waals surface area contributed by atoms with Crippen LogP contribution in [0, 0.1) is 5.82 Å². The van der Waals surface area contributed by atoms with E-state index in [1.54, 1.807) is 0 Å². The summed E-state index contributed by atoms with van der Waals surface area (Å²) < 4.78 is 12.9. The Kier molecular flexibility index (Phi) is 3.55. The normalized spacial score (nSPS) is 18.4. The average Bonchev–Trinajstić information content (AvgIpc) is 2.77. The van der Waals surface area contributed by atoms with Crippen molar-refractivity contribution in [2.75, 3.05) is 5.01 Å². The van der Waals surface area contributed by atoms with Gasteiger partial charge in [-0.15, -0.1) is 0 Å². The van der Waals surface area contributed by atoms with Crippen LogP contribution >= 0.6 is 0 Å². The monoisotopic (exact) mass is 287 g/mol. The van der Waals surface area contributed by atoms with Gasteiger partial charge in [-0.1, -0.05) is 30.3 Å². The summed E-state index contributed by atoms with van der Waals surface area (Å²) >= 11 is 0. The molecule has 3 rings (SSSR count). The number of carbonyl (C=O) groups is 1. The van der Waals surface area contributed by atoms with Gasteiger partial charge in [-0.3, -0.25) is 4.90 Å². The molecule has 1 fully saturated rings. The molecule has 2 aromatic rings. The Hall–Kier alpha value is -2.44. The molecule has 0 aliphatic carbocycles. The van der Waals surface area contributed by atoms with Crippen LogP contribution in [-0.2, 0) is 6.54 Å². The van der Waals surface area contributed by atoms with Gasteiger partial charge in [-0.25, -0.2) is 14.2 Å². The summed E-state index contributed by atoms with van der Waals surface area (Å²) in [6.07, 6.45) is -1.12. The fraction of sp³-hybridized carbons (Fsp3) is 0.133. The van der Waals surface area contributed by atoms with E-state index in [0.717, 1.165) is 5.56 Å². The quantitative estimate of drug-likeness (QED) is 0.908. The lowest BCUT2D eigenvalue weighted by molar-refractivity contribution is 0.0329. The van der Waals surface area contributed by atoms with Crippen LogP contribution in [0.2, 0.25) is 0 Å². The predicted molar refractivity (Wildman–Crippen MR) is 75.4 cm³/mol. The number of urea groups is 1. The lowest BCUT2D eigenvalue weighted by Gasteiger charge is -2.18. The van der Waals surface area contributed by atoms with Gasteiger partial charge in [0.1, 0.15) is 5.82 Å². The molecule has 1 aliphatic rings. The molecule has 1 atom stereocenters. The predicted octanol–water partition coefficient (Wildman–Crippen LogP) is 2.05. The molecule has 5 nitrogen and oxygen atoms in total. The van der Waals surface area contributed by atoms with Gasteiger partial charge in [0.05, 0.1) is 12.2 Å². The van der Waals surface area contributed by atoms with Crippen LogP contribution < -0.4 is 10.4 Å². The average molecular weight is 287 g/mol. The van der Waals surface area contributed by atoms with Crippen molar-refractivity contribution in [1.29, 1.82) is 0 Å². The van der Waals surface area contributed by atoms with E-state index in [0.29, 0.717) is 5.69 Å². The van der Waals surface area contributed by atoms with E-state index in [-0.39, 0.29) is 12.4 Å². The zero-order valence-electron chi connectivity index (χ0n) is 11.1. The number of benzene rings is 2. The van der Waals surface area contributed by atoms with Crippen molar-refractivity contribution in [3.8, 4) is 0 Å². The van der Waals surface area contributed by atoms with Gasteiger partial charge in [0, 0.05) is 0 Å². The van der Waals surface area contributed by atoms with Crippen LogP contribution in [-0.4, -0.2) is 22.4 Å². The molecule has 1 saturated heterocycles. The topological polar surface area (TPSA) is 55.8 Å². The molecule has 21 heavy (non-hydrogen) atoms. The largest absolute Gasteiger partial charge is 0.359 e. The third-order valence-corrected chi connectivity index (χ3v) is 3.26. The van der Waals surface area contributed by atoms with E-state index in [1.165, 1.54) is 34.2 Å². The van der Waals surface area contributed by atoms with Crippen molar-refractivity contribution in [2.45, 2.75) is 12.9 Å². The lowest BCUT2D eigenvalue weighted by atomic mass is 10.2. The minimum Gasteiger partial charge on any atom is -0.359 e. The number of nitrogens with one attached hydrogen (secondary N) is 1. The number of hydrogen-bond acceptors (Lipinski definition) is 3. The highest BCUT2D eigenvalue weighted by atomic mass is 19.1. The van der Waals surface area contributed by atoms with Crippen molar-refractivity contribution in [2.24, 2.45) is 0 Å². The van der Waals surface area contributed by atoms with Crippen LogP contribution in [0.1, 0.15) is 5.56 Å². The summed E-state index contributed by atoms with van der Waals surface area (Å²) in [4.78, 5) is 13.6. The van der Waals surface area contributed by atoms with Crippen molar-refractivity contribution in [1.82, 2.24) is 10.3 Å². The van der Waals surface area contributed by atoms with E-state index < -0.39 is 12.4 Å². The number of carbonyl (C=O) groups excluding carboxylic acids is 1. The lowest BCUT2D eigenvalue weighted by Crippen LogP contribution is -2.37. The molecular weight excluding hydrogens is 273 g/mol. The second-order valence-electron chi connectivity index (χ2n) is 4.71. The smallest absolute Gasteiger partial charge is 0.342 e. The van der Waals surface area contributed by atoms with Crippen LogP contribution in [0.25, 0.3) is 0 Å². The van der Waals surface area contributed by atoms with Gasteiger partial charge in [-0.05, 0) is 29.8 Å². The minimum atomic E-state index is -1.12. The SMILES string of the molecule is O=C1N(c2ccc(F)cc2)NC(O)N1Cc1ccccc1. The molecule has 2 amide bonds. The number of aliphatic hydroxyl groups is 1. The van der Waals surface area contributed by atoms with Gasteiger partial charge < -0.3 is 5.11 Å². The molecule has 0 spiro atoms. The molecule has 0 aromatic heterocycles. The van der Waals surface area contributed by atoms with Crippen LogP contribution in [0.5, 0.6) is 0 Å². The van der Waals surface area contributed by atoms with Crippen molar-refractivity contribution in [3.05, 3.63) is 66.0 Å². The number of amides is 2. The van der Waals surface area contributed by atoms with Crippen molar-refractivity contribution < 1.29 is 14.3 Å². The maximum atomic E-state index is 12.9. The summed E-state index contributed by atoms with van der Waals surface area (Å²) in [7, 11) is 0. The Morgan fingerprint density at radius 2 is 1.76 bits per heavy atom. The highest BCUT2D eigenvalue weighted by Gasteiger charge is 2.36. The zero-order valence-corrected chi connectivity index (χ0v) is 11.1. The Balaban J connectivity index is 1.79. The Morgan fingerprint density at radius 1 is 1.10 bits per heavy atom. The number of rotatable bonds is 3. The van der Waals surface area contributed by atoms with E-state index in [1.807, 2.05) is 30.3 Å². The summed E-state index contributed by atoms with van der Waals surface area (Å²) in [6.45, 7) is 0.283. The molecule has 1 heterocycles. The van der Waals surface area contributed by atoms with Crippen molar-refractivity contribution >= 4 is 11.7 Å². The molecule has 0 saturated carbocycles. The Labute approximate surface area is 121 Å². The first-order chi connectivity index (χ1) is 10.1. The Bertz CT molecular complexity index is 633. The van der Waals surface area contributed by atoms with Gasteiger partial charge in [0.25, 0.3) is 0 Å². The van der Waals surface area contributed by atoms with E-state index >= 15 is 0 Å². The van der Waals surface area contributed by atoms with Crippen LogP contribution in [0.4, 0.5) is 14.9 Å². The number of anilines is 1. The summed E-state index contributed by atoms with van der Waals surface area (Å²) in [5.74, 6) is -0.382. The molecular formula is C15H14FN3O2. The van der Waals surface area contributed by atoms with Gasteiger partial charge in [0.2, 0.25) is 6.35 Å². The fourth-order valence-electron chi connectivity index (χ4n) is 2.18. The second-order valence-corrected chi connectivity index (χ2v) is 4.71. The van der Waals surface area contributed by atoms with Gasteiger partial charge >= 0.3 is 6.03 Å². The minimum absolute atomic E-state index is 0.283. The second kappa shape index (κ2) is 5.51. The first-order valence-corrected chi connectivity index (χ1v) is 6.49. The van der Waals surface area contributed by atoms with Crippen molar-refractivity contribution in [3.63, 3.8) is 0 Å². The van der Waals surface area contributed by atoms with Crippen LogP contribution in [0.3, 0.4) is 0 Å². The van der Waals surface area contributed by atoms with E-state index in [2.05, 4.69) is 5.43 Å². The third kappa shape index (κ3) is 2.72. The number of hydrazine groups is 1. The van der Waals surface area contributed by atoms with Crippen LogP contribution in [0.15, 0.2) is 54.6 Å². The first kappa shape index (κ1) is 13.5. The molecule has 1 aliphatic heterocycles. The molecule has 6 heteroatoms. The molecule has 0 radical (unpaired) electrons. The fourth-order valence-corrected chi connectivity index (χ4v) is 2.18. The number of aliphatic hydroxyl groups excluding tert-OH is 1. The number of halogens is 1. The van der Waals surface area contributed by atoms with Gasteiger partial charge in [0.15, 0.2) is 0 Å². The summed E-state index contributed by atoms with van der Waals surface area (Å²) in [5.41, 5.74) is 4.03. The summed E-state index contributed by atoms with van der Waals surface area (Å²) in [6, 6.07) is 14.4. The molecule has 2 aromatic carbocycles. The van der Waals surface area contributed by atoms with E-state index in [9.17, 15) is 14.3 Å². The zero-order chi connectivity index (χ0) is 14.8. The third-order valence-electron chi connectivity index (χ3n) is 3.26. The standard InChI is InChI=1S/C15H14FN3O2/c16-12-6-8-13(9-7-12)19-15(21)18(14(20)17-19)10-11-4-2-1-3-5-11/h1-9,14,17,20H,10H2. The molecule has 0 bridgehead atoms. The highest BCUT2D eigenvalue weighted by molar-refractivity contribution is 5.93. The summed E-state index contributed by atoms with van der Waals surface area (Å²) in [5, 5.41) is 11.2. The maximum absolute atomic E-state index is 12.9. The first-order valence-electron chi connectivity index (χ1n) is 6.49. The molecule has 2 N–H and O–H groups in total. The van der Waals surface area contributed by atoms with E-state index in [4.69, 9.17) is 0 Å².